The lowest BCUT2D eigenvalue weighted by Gasteiger charge is -2.10. The quantitative estimate of drug-likeness (QED) is 0.508. The molecule has 1 aromatic carbocycles. The molecule has 0 radical (unpaired) electrons. The number of halogens is 1. The van der Waals surface area contributed by atoms with Gasteiger partial charge < -0.3 is 15.2 Å². The van der Waals surface area contributed by atoms with E-state index in [4.69, 9.17) is 11.6 Å². The van der Waals surface area contributed by atoms with Crippen LogP contribution in [-0.4, -0.2) is 36.8 Å². The van der Waals surface area contributed by atoms with Crippen LogP contribution in [0.4, 0.5) is 10.8 Å². The molecule has 1 unspecified atom stereocenters. The molecule has 0 saturated heterocycles. The van der Waals surface area contributed by atoms with Crippen molar-refractivity contribution in [1.29, 1.82) is 0 Å². The number of para-hydroxylation sites is 1. The Morgan fingerprint density at radius 1 is 1.28 bits per heavy atom. The Morgan fingerprint density at radius 2 is 2.07 bits per heavy atom. The van der Waals surface area contributed by atoms with Crippen LogP contribution in [0.1, 0.15) is 19.2 Å². The van der Waals surface area contributed by atoms with Crippen molar-refractivity contribution in [2.24, 2.45) is 7.05 Å². The van der Waals surface area contributed by atoms with Crippen LogP contribution in [-0.2, 0) is 23.1 Å². The van der Waals surface area contributed by atoms with E-state index in [1.54, 1.807) is 47.3 Å². The highest BCUT2D eigenvalue weighted by Gasteiger charge is 2.20. The van der Waals surface area contributed by atoms with Gasteiger partial charge in [0.2, 0.25) is 11.8 Å². The Bertz CT molecular complexity index is 992. The van der Waals surface area contributed by atoms with Crippen LogP contribution in [0, 0.1) is 0 Å². The fraction of sp³-hybridized carbons (Fsp3) is 0.278. The number of carbonyl (C=O) groups excluding carboxylic acids is 2. The van der Waals surface area contributed by atoms with Gasteiger partial charge in [0.05, 0.1) is 16.0 Å². The zero-order valence-electron chi connectivity index (χ0n) is 15.8. The summed E-state index contributed by atoms with van der Waals surface area (Å²) in [4.78, 5) is 28.5. The van der Waals surface area contributed by atoms with Gasteiger partial charge in [0.1, 0.15) is 5.82 Å². The summed E-state index contributed by atoms with van der Waals surface area (Å²) in [5.74, 6) is 0.342. The number of nitrogens with one attached hydrogen (secondary N) is 2. The van der Waals surface area contributed by atoms with Crippen LogP contribution < -0.4 is 10.6 Å². The Kier molecular flexibility index (Phi) is 7.24. The number of rotatable bonds is 8. The molecule has 0 aliphatic carbocycles. The minimum Gasteiger partial charge on any atom is -0.325 e. The molecular weight excluding hydrogens is 432 g/mol. The molecule has 29 heavy (non-hydrogen) atoms. The fourth-order valence-electron chi connectivity index (χ4n) is 2.37. The van der Waals surface area contributed by atoms with E-state index in [9.17, 15) is 9.59 Å². The maximum atomic E-state index is 12.3. The highest BCUT2D eigenvalue weighted by molar-refractivity contribution is 8.00. The Morgan fingerprint density at radius 3 is 2.79 bits per heavy atom. The molecular formula is C18H19ClN6O2S2. The summed E-state index contributed by atoms with van der Waals surface area (Å²) in [6.07, 6.45) is 2.29. The highest BCUT2D eigenvalue weighted by Crippen LogP contribution is 2.24. The predicted molar refractivity (Wildman–Crippen MR) is 115 cm³/mol. The molecule has 3 aromatic rings. The number of amides is 2. The van der Waals surface area contributed by atoms with Crippen molar-refractivity contribution in [3.8, 4) is 0 Å². The van der Waals surface area contributed by atoms with Gasteiger partial charge in [-0.15, -0.1) is 21.5 Å². The average molecular weight is 451 g/mol. The zero-order valence-corrected chi connectivity index (χ0v) is 18.1. The number of carbonyl (C=O) groups is 2. The van der Waals surface area contributed by atoms with Gasteiger partial charge in [-0.3, -0.25) is 9.59 Å². The van der Waals surface area contributed by atoms with Gasteiger partial charge in [-0.05, 0) is 19.1 Å². The minimum atomic E-state index is -0.377. The number of hydrogen-bond donors (Lipinski definition) is 2. The monoisotopic (exact) mass is 450 g/mol. The van der Waals surface area contributed by atoms with Crippen LogP contribution in [0.5, 0.6) is 0 Å². The van der Waals surface area contributed by atoms with Crippen molar-refractivity contribution in [3.63, 3.8) is 0 Å². The van der Waals surface area contributed by atoms with Gasteiger partial charge >= 0.3 is 0 Å². The zero-order chi connectivity index (χ0) is 20.8. The lowest BCUT2D eigenvalue weighted by Crippen LogP contribution is -2.22. The number of anilines is 2. The third-order valence-electron chi connectivity index (χ3n) is 3.96. The number of thiazole rings is 1. The molecule has 0 spiro atoms. The molecule has 152 valence electrons. The molecule has 1 atom stereocenters. The molecule has 3 rings (SSSR count). The van der Waals surface area contributed by atoms with Gasteiger partial charge in [0, 0.05) is 31.5 Å². The van der Waals surface area contributed by atoms with Gasteiger partial charge in [-0.2, -0.15) is 0 Å². The maximum Gasteiger partial charge on any atom is 0.239 e. The molecule has 0 saturated carbocycles. The number of benzene rings is 1. The van der Waals surface area contributed by atoms with E-state index in [1.807, 2.05) is 7.05 Å². The van der Waals surface area contributed by atoms with E-state index >= 15 is 0 Å². The standard InChI is InChI=1S/C18H19ClN6O2S2/c1-11(16(27)22-17-20-9-10-28-17)29-18-24-23-14(25(18)2)7-8-15(26)21-13-6-4-3-5-12(13)19/h3-6,9-11H,7-8H2,1-2H3,(H,21,26)(H,20,22,27). The van der Waals surface area contributed by atoms with Crippen molar-refractivity contribution in [2.45, 2.75) is 30.2 Å². The van der Waals surface area contributed by atoms with Gasteiger partial charge in [-0.1, -0.05) is 35.5 Å². The minimum absolute atomic E-state index is 0.159. The third kappa shape index (κ3) is 5.78. The summed E-state index contributed by atoms with van der Waals surface area (Å²) in [7, 11) is 1.81. The van der Waals surface area contributed by atoms with Crippen molar-refractivity contribution in [2.75, 3.05) is 10.6 Å². The summed E-state index contributed by atoms with van der Waals surface area (Å²) in [5.41, 5.74) is 0.577. The van der Waals surface area contributed by atoms with Crippen molar-refractivity contribution < 1.29 is 9.59 Å². The first-order chi connectivity index (χ1) is 13.9. The second-order valence-corrected chi connectivity index (χ2v) is 8.68. The molecule has 0 fully saturated rings. The summed E-state index contributed by atoms with van der Waals surface area (Å²) in [5, 5.41) is 16.9. The maximum absolute atomic E-state index is 12.3. The average Bonchev–Trinajstić information content (AvgIpc) is 3.32. The number of nitrogens with zero attached hydrogens (tertiary/aromatic N) is 4. The molecule has 2 N–H and O–H groups in total. The van der Waals surface area contributed by atoms with E-state index in [0.717, 1.165) is 0 Å². The first kappa shape index (κ1) is 21.3. The molecule has 0 aliphatic rings. The van der Waals surface area contributed by atoms with Gasteiger partial charge in [0.25, 0.3) is 0 Å². The van der Waals surface area contributed by atoms with Crippen molar-refractivity contribution in [3.05, 3.63) is 46.7 Å². The lowest BCUT2D eigenvalue weighted by molar-refractivity contribution is -0.116. The summed E-state index contributed by atoms with van der Waals surface area (Å²) in [6, 6.07) is 7.07. The predicted octanol–water partition coefficient (Wildman–Crippen LogP) is 3.62. The summed E-state index contributed by atoms with van der Waals surface area (Å²) < 4.78 is 1.79. The molecule has 0 bridgehead atoms. The number of aryl methyl sites for hydroxylation is 1. The first-order valence-electron chi connectivity index (χ1n) is 8.73. The fourth-order valence-corrected chi connectivity index (χ4v) is 3.92. The van der Waals surface area contributed by atoms with Gasteiger partial charge in [0.15, 0.2) is 10.3 Å². The van der Waals surface area contributed by atoms with E-state index in [1.165, 1.54) is 23.1 Å². The van der Waals surface area contributed by atoms with Crippen molar-refractivity contribution in [1.82, 2.24) is 19.7 Å². The topological polar surface area (TPSA) is 102 Å². The molecule has 8 nitrogen and oxygen atoms in total. The second-order valence-electron chi connectivity index (χ2n) is 6.07. The van der Waals surface area contributed by atoms with E-state index in [-0.39, 0.29) is 23.5 Å². The van der Waals surface area contributed by atoms with Crippen LogP contribution in [0.25, 0.3) is 0 Å². The largest absolute Gasteiger partial charge is 0.325 e. The second kappa shape index (κ2) is 9.86. The summed E-state index contributed by atoms with van der Waals surface area (Å²) >= 11 is 8.71. The van der Waals surface area contributed by atoms with Crippen LogP contribution >= 0.6 is 34.7 Å². The van der Waals surface area contributed by atoms with E-state index in [2.05, 4.69) is 25.8 Å². The smallest absolute Gasteiger partial charge is 0.239 e. The summed E-state index contributed by atoms with van der Waals surface area (Å²) in [6.45, 7) is 1.79. The SMILES string of the molecule is CC(Sc1nnc(CCC(=O)Nc2ccccc2Cl)n1C)C(=O)Nc1nccs1. The Balaban J connectivity index is 1.53. The van der Waals surface area contributed by atoms with Crippen LogP contribution in [0.3, 0.4) is 0 Å². The first-order valence-corrected chi connectivity index (χ1v) is 10.9. The Labute approximate surface area is 181 Å². The number of aromatic nitrogens is 4. The molecule has 0 aliphatic heterocycles. The van der Waals surface area contributed by atoms with Crippen LogP contribution in [0.15, 0.2) is 41.0 Å². The molecule has 2 amide bonds. The molecule has 11 heteroatoms. The number of thioether (sulfide) groups is 1. The lowest BCUT2D eigenvalue weighted by atomic mass is 10.2. The van der Waals surface area contributed by atoms with Crippen molar-refractivity contribution >= 4 is 57.3 Å². The van der Waals surface area contributed by atoms with Gasteiger partial charge in [-0.25, -0.2) is 4.98 Å². The Hall–Kier alpha value is -2.43. The molecule has 2 aromatic heterocycles. The third-order valence-corrected chi connectivity index (χ3v) is 6.11. The normalized spacial score (nSPS) is 11.8. The van der Waals surface area contributed by atoms with E-state index in [0.29, 0.717) is 33.2 Å². The van der Waals surface area contributed by atoms with E-state index < -0.39 is 0 Å². The number of hydrogen-bond acceptors (Lipinski definition) is 7. The molecule has 2 heterocycles. The highest BCUT2D eigenvalue weighted by atomic mass is 35.5. The van der Waals surface area contributed by atoms with Crippen LogP contribution in [0.2, 0.25) is 5.02 Å².